The van der Waals surface area contributed by atoms with Gasteiger partial charge in [0.05, 0.1) is 0 Å². The summed E-state index contributed by atoms with van der Waals surface area (Å²) in [5, 5.41) is 5.73. The minimum absolute atomic E-state index is 0.246. The van der Waals surface area contributed by atoms with E-state index in [4.69, 9.17) is 0 Å². The van der Waals surface area contributed by atoms with Crippen molar-refractivity contribution in [2.75, 3.05) is 10.6 Å². The lowest BCUT2D eigenvalue weighted by Crippen LogP contribution is -2.04. The zero-order valence-corrected chi connectivity index (χ0v) is 14.2. The van der Waals surface area contributed by atoms with Gasteiger partial charge in [-0.25, -0.2) is 13.8 Å². The Labute approximate surface area is 146 Å². The summed E-state index contributed by atoms with van der Waals surface area (Å²) in [6.45, 7) is 1.77. The third-order valence-electron chi connectivity index (χ3n) is 3.15. The van der Waals surface area contributed by atoms with E-state index in [1.54, 1.807) is 13.0 Å². The van der Waals surface area contributed by atoms with Gasteiger partial charge in [0.1, 0.15) is 23.1 Å². The number of halogens is 3. The Morgan fingerprint density at radius 1 is 0.917 bits per heavy atom. The molecule has 0 saturated heterocycles. The molecule has 0 saturated carbocycles. The molecule has 7 heteroatoms. The van der Waals surface area contributed by atoms with Gasteiger partial charge in [-0.05, 0) is 37.3 Å². The van der Waals surface area contributed by atoms with Crippen LogP contribution in [0.25, 0.3) is 0 Å². The molecule has 0 amide bonds. The molecule has 122 valence electrons. The average Bonchev–Trinajstić information content (AvgIpc) is 2.50. The minimum atomic E-state index is -0.687. The molecule has 3 rings (SSSR count). The standard InChI is InChI=1S/C17H13BrF2N4/c1-10-8-15(23-16-13(19)6-3-7-14(16)20)24-17(21-10)22-12-5-2-4-11(18)9-12/h2-9H,1H3,(H2,21,22,23,24). The van der Waals surface area contributed by atoms with Gasteiger partial charge in [0.15, 0.2) is 0 Å². The molecule has 0 atom stereocenters. The molecule has 0 bridgehead atoms. The van der Waals surface area contributed by atoms with Crippen LogP contribution in [0.2, 0.25) is 0 Å². The lowest BCUT2D eigenvalue weighted by molar-refractivity contribution is 0.590. The number of aryl methyl sites for hydroxylation is 1. The van der Waals surface area contributed by atoms with Crippen LogP contribution in [0.3, 0.4) is 0 Å². The van der Waals surface area contributed by atoms with Gasteiger partial charge in [-0.15, -0.1) is 0 Å². The number of anilines is 4. The van der Waals surface area contributed by atoms with Crippen molar-refractivity contribution in [1.82, 2.24) is 9.97 Å². The van der Waals surface area contributed by atoms with Crippen LogP contribution in [0.4, 0.5) is 31.9 Å². The first-order chi connectivity index (χ1) is 11.5. The monoisotopic (exact) mass is 390 g/mol. The first-order valence-electron chi connectivity index (χ1n) is 7.10. The predicted molar refractivity (Wildman–Crippen MR) is 93.8 cm³/mol. The molecule has 0 unspecified atom stereocenters. The number of nitrogens with one attached hydrogen (secondary N) is 2. The quantitative estimate of drug-likeness (QED) is 0.633. The van der Waals surface area contributed by atoms with Crippen LogP contribution in [-0.4, -0.2) is 9.97 Å². The van der Waals surface area contributed by atoms with E-state index in [0.717, 1.165) is 10.2 Å². The number of hydrogen-bond acceptors (Lipinski definition) is 4. The van der Waals surface area contributed by atoms with Gasteiger partial charge in [-0.1, -0.05) is 28.1 Å². The Morgan fingerprint density at radius 2 is 1.62 bits per heavy atom. The fraction of sp³-hybridized carbons (Fsp3) is 0.0588. The molecule has 0 aliphatic rings. The molecule has 0 aliphatic carbocycles. The number of hydrogen-bond donors (Lipinski definition) is 2. The van der Waals surface area contributed by atoms with Crippen LogP contribution in [0, 0.1) is 18.6 Å². The Bertz CT molecular complexity index is 866. The van der Waals surface area contributed by atoms with E-state index < -0.39 is 11.6 Å². The number of para-hydroxylation sites is 1. The summed E-state index contributed by atoms with van der Waals surface area (Å²) >= 11 is 3.39. The zero-order chi connectivity index (χ0) is 17.1. The molecule has 1 aromatic heterocycles. The van der Waals surface area contributed by atoms with Crippen molar-refractivity contribution < 1.29 is 8.78 Å². The summed E-state index contributed by atoms with van der Waals surface area (Å²) in [5.74, 6) is -0.753. The lowest BCUT2D eigenvalue weighted by atomic mass is 10.3. The van der Waals surface area contributed by atoms with Crippen LogP contribution in [0.5, 0.6) is 0 Å². The van der Waals surface area contributed by atoms with E-state index in [1.807, 2.05) is 24.3 Å². The Balaban J connectivity index is 1.89. The van der Waals surface area contributed by atoms with Crippen LogP contribution < -0.4 is 10.6 Å². The van der Waals surface area contributed by atoms with Crippen molar-refractivity contribution in [3.05, 3.63) is 70.3 Å². The predicted octanol–water partition coefficient (Wildman–Crippen LogP) is 5.31. The summed E-state index contributed by atoms with van der Waals surface area (Å²) in [6.07, 6.45) is 0. The average molecular weight is 391 g/mol. The second-order valence-electron chi connectivity index (χ2n) is 5.08. The molecule has 3 aromatic rings. The third kappa shape index (κ3) is 3.86. The van der Waals surface area contributed by atoms with E-state index in [1.165, 1.54) is 18.2 Å². The van der Waals surface area contributed by atoms with Crippen molar-refractivity contribution in [2.45, 2.75) is 6.92 Å². The van der Waals surface area contributed by atoms with E-state index >= 15 is 0 Å². The van der Waals surface area contributed by atoms with Crippen LogP contribution >= 0.6 is 15.9 Å². The van der Waals surface area contributed by atoms with Gasteiger partial charge in [0, 0.05) is 21.9 Å². The largest absolute Gasteiger partial charge is 0.335 e. The molecule has 2 aromatic carbocycles. The molecule has 2 N–H and O–H groups in total. The van der Waals surface area contributed by atoms with Crippen LogP contribution in [-0.2, 0) is 0 Å². The summed E-state index contributed by atoms with van der Waals surface area (Å²) in [4.78, 5) is 8.53. The molecular weight excluding hydrogens is 378 g/mol. The van der Waals surface area contributed by atoms with Crippen LogP contribution in [0.1, 0.15) is 5.69 Å². The van der Waals surface area contributed by atoms with Gasteiger partial charge < -0.3 is 10.6 Å². The van der Waals surface area contributed by atoms with E-state index in [9.17, 15) is 8.78 Å². The normalized spacial score (nSPS) is 10.5. The second-order valence-corrected chi connectivity index (χ2v) is 5.99. The van der Waals surface area contributed by atoms with Gasteiger partial charge in [-0.3, -0.25) is 0 Å². The maximum Gasteiger partial charge on any atom is 0.229 e. The maximum atomic E-state index is 13.8. The number of rotatable bonds is 4. The Hall–Kier alpha value is -2.54. The second kappa shape index (κ2) is 6.92. The third-order valence-corrected chi connectivity index (χ3v) is 3.64. The van der Waals surface area contributed by atoms with Crippen molar-refractivity contribution in [3.63, 3.8) is 0 Å². The van der Waals surface area contributed by atoms with Crippen LogP contribution in [0.15, 0.2) is 53.0 Å². The van der Waals surface area contributed by atoms with E-state index in [-0.39, 0.29) is 5.69 Å². The van der Waals surface area contributed by atoms with Gasteiger partial charge in [0.2, 0.25) is 5.95 Å². The highest BCUT2D eigenvalue weighted by atomic mass is 79.9. The van der Waals surface area contributed by atoms with Gasteiger partial charge in [0.25, 0.3) is 0 Å². The summed E-state index contributed by atoms with van der Waals surface area (Å²) in [5.41, 5.74) is 1.20. The lowest BCUT2D eigenvalue weighted by Gasteiger charge is -2.11. The summed E-state index contributed by atoms with van der Waals surface area (Å²) in [7, 11) is 0. The Morgan fingerprint density at radius 3 is 2.33 bits per heavy atom. The fourth-order valence-corrected chi connectivity index (χ4v) is 2.53. The number of aromatic nitrogens is 2. The Kier molecular flexibility index (Phi) is 4.71. The van der Waals surface area contributed by atoms with Crippen molar-refractivity contribution in [3.8, 4) is 0 Å². The molecule has 0 radical (unpaired) electrons. The van der Waals surface area contributed by atoms with Crippen molar-refractivity contribution in [1.29, 1.82) is 0 Å². The molecular formula is C17H13BrF2N4. The van der Waals surface area contributed by atoms with Crippen molar-refractivity contribution in [2.24, 2.45) is 0 Å². The van der Waals surface area contributed by atoms with Gasteiger partial charge >= 0.3 is 0 Å². The smallest absolute Gasteiger partial charge is 0.229 e. The van der Waals surface area contributed by atoms with Crippen molar-refractivity contribution >= 4 is 39.1 Å². The fourth-order valence-electron chi connectivity index (χ4n) is 2.13. The first kappa shape index (κ1) is 16.3. The zero-order valence-electron chi connectivity index (χ0n) is 12.6. The molecule has 0 aliphatic heterocycles. The topological polar surface area (TPSA) is 49.8 Å². The summed E-state index contributed by atoms with van der Waals surface area (Å²) < 4.78 is 28.4. The van der Waals surface area contributed by atoms with E-state index in [0.29, 0.717) is 17.5 Å². The maximum absolute atomic E-state index is 13.8. The highest BCUT2D eigenvalue weighted by Crippen LogP contribution is 2.24. The highest BCUT2D eigenvalue weighted by molar-refractivity contribution is 9.10. The molecule has 4 nitrogen and oxygen atoms in total. The number of nitrogens with zero attached hydrogens (tertiary/aromatic N) is 2. The SMILES string of the molecule is Cc1cc(Nc2c(F)cccc2F)nc(Nc2cccc(Br)c2)n1. The van der Waals surface area contributed by atoms with E-state index in [2.05, 4.69) is 36.5 Å². The highest BCUT2D eigenvalue weighted by Gasteiger charge is 2.10. The number of benzene rings is 2. The molecule has 0 fully saturated rings. The molecule has 1 heterocycles. The summed E-state index contributed by atoms with van der Waals surface area (Å²) in [6, 6.07) is 12.8. The molecule has 0 spiro atoms. The molecule has 24 heavy (non-hydrogen) atoms. The minimum Gasteiger partial charge on any atom is -0.335 e. The first-order valence-corrected chi connectivity index (χ1v) is 7.90. The van der Waals surface area contributed by atoms with Gasteiger partial charge in [-0.2, -0.15) is 4.98 Å².